The lowest BCUT2D eigenvalue weighted by atomic mass is 9.95. The number of hydrogen-bond acceptors (Lipinski definition) is 7. The number of benzene rings is 1. The summed E-state index contributed by atoms with van der Waals surface area (Å²) in [4.78, 5) is 12.4. The van der Waals surface area contributed by atoms with Crippen LogP contribution >= 0.6 is 11.8 Å². The molecule has 0 spiro atoms. The zero-order chi connectivity index (χ0) is 19.2. The molecule has 146 valence electrons. The first kappa shape index (κ1) is 19.5. The topological polar surface area (TPSA) is 86.5 Å². The highest BCUT2D eigenvalue weighted by Crippen LogP contribution is 2.34. The molecule has 7 nitrogen and oxygen atoms in total. The second-order valence-corrected chi connectivity index (χ2v) is 7.83. The van der Waals surface area contributed by atoms with Crippen LogP contribution in [0.15, 0.2) is 27.8 Å². The Morgan fingerprint density at radius 3 is 2.70 bits per heavy atom. The molecule has 1 aromatic carbocycles. The molecule has 1 fully saturated rings. The Bertz CT molecular complexity index is 774. The third kappa shape index (κ3) is 4.94. The van der Waals surface area contributed by atoms with Crippen molar-refractivity contribution in [3.8, 4) is 23.0 Å². The first-order valence-corrected chi connectivity index (χ1v) is 10.0. The van der Waals surface area contributed by atoms with Crippen LogP contribution in [0.4, 0.5) is 0 Å². The van der Waals surface area contributed by atoms with Gasteiger partial charge in [-0.3, -0.25) is 4.79 Å². The van der Waals surface area contributed by atoms with Gasteiger partial charge in [0.15, 0.2) is 0 Å². The Kier molecular flexibility index (Phi) is 6.60. The molecule has 0 radical (unpaired) electrons. The van der Waals surface area contributed by atoms with Gasteiger partial charge in [0.25, 0.3) is 11.1 Å². The molecule has 0 aliphatic heterocycles. The van der Waals surface area contributed by atoms with E-state index in [4.69, 9.17) is 13.9 Å². The van der Waals surface area contributed by atoms with E-state index >= 15 is 0 Å². The summed E-state index contributed by atoms with van der Waals surface area (Å²) in [5, 5.41) is 11.3. The van der Waals surface area contributed by atoms with E-state index in [1.54, 1.807) is 32.4 Å². The SMILES string of the molecule is COc1ccc(-c2nnc(S[C@H](C)C(=O)NC3CCCCC3)o2)c(OC)c1. The lowest BCUT2D eigenvalue weighted by molar-refractivity contribution is -0.121. The number of nitrogens with zero attached hydrogens (tertiary/aromatic N) is 2. The van der Waals surface area contributed by atoms with E-state index in [1.165, 1.54) is 31.0 Å². The maximum Gasteiger partial charge on any atom is 0.277 e. The monoisotopic (exact) mass is 391 g/mol. The molecule has 0 unspecified atom stereocenters. The standard InChI is InChI=1S/C19H25N3O4S/c1-12(17(23)20-13-7-5-4-6-8-13)27-19-22-21-18(26-19)15-10-9-14(24-2)11-16(15)25-3/h9-13H,4-8H2,1-3H3,(H,20,23)/t12-/m1/s1. The molecular weight excluding hydrogens is 366 g/mol. The van der Waals surface area contributed by atoms with Crippen LogP contribution in [0, 0.1) is 0 Å². The minimum absolute atomic E-state index is 0.00804. The Balaban J connectivity index is 1.64. The molecule has 1 saturated carbocycles. The molecule has 1 aliphatic carbocycles. The molecule has 1 aliphatic rings. The average Bonchev–Trinajstić information content (AvgIpc) is 3.16. The fourth-order valence-electron chi connectivity index (χ4n) is 3.11. The second-order valence-electron chi connectivity index (χ2n) is 6.54. The molecule has 1 N–H and O–H groups in total. The number of methoxy groups -OCH3 is 2. The van der Waals surface area contributed by atoms with Gasteiger partial charge in [0, 0.05) is 12.1 Å². The van der Waals surface area contributed by atoms with Crippen LogP contribution in [0.5, 0.6) is 11.5 Å². The number of thioether (sulfide) groups is 1. The highest BCUT2D eigenvalue weighted by Gasteiger charge is 2.23. The number of ether oxygens (including phenoxy) is 2. The summed E-state index contributed by atoms with van der Waals surface area (Å²) >= 11 is 1.26. The van der Waals surface area contributed by atoms with Crippen LogP contribution < -0.4 is 14.8 Å². The van der Waals surface area contributed by atoms with Gasteiger partial charge >= 0.3 is 0 Å². The van der Waals surface area contributed by atoms with Crippen molar-refractivity contribution < 1.29 is 18.7 Å². The van der Waals surface area contributed by atoms with Gasteiger partial charge in [-0.2, -0.15) is 0 Å². The first-order valence-electron chi connectivity index (χ1n) is 9.13. The van der Waals surface area contributed by atoms with Gasteiger partial charge in [-0.05, 0) is 31.9 Å². The van der Waals surface area contributed by atoms with Gasteiger partial charge in [-0.15, -0.1) is 10.2 Å². The average molecular weight is 391 g/mol. The molecule has 3 rings (SSSR count). The number of aromatic nitrogens is 2. The predicted molar refractivity (Wildman–Crippen MR) is 103 cm³/mol. The van der Waals surface area contributed by atoms with Gasteiger partial charge < -0.3 is 19.2 Å². The number of carbonyl (C=O) groups excluding carboxylic acids is 1. The van der Waals surface area contributed by atoms with Crippen LogP contribution in [-0.2, 0) is 4.79 Å². The Morgan fingerprint density at radius 2 is 2.00 bits per heavy atom. The van der Waals surface area contributed by atoms with Crippen molar-refractivity contribution >= 4 is 17.7 Å². The maximum absolute atomic E-state index is 12.4. The number of amides is 1. The number of carbonyl (C=O) groups is 1. The van der Waals surface area contributed by atoms with E-state index in [0.717, 1.165) is 12.8 Å². The molecule has 8 heteroatoms. The number of hydrogen-bond donors (Lipinski definition) is 1. The van der Waals surface area contributed by atoms with E-state index in [2.05, 4.69) is 15.5 Å². The van der Waals surface area contributed by atoms with Gasteiger partial charge in [-0.1, -0.05) is 31.0 Å². The molecule has 1 atom stereocenters. The molecule has 0 saturated heterocycles. The number of rotatable bonds is 7. The van der Waals surface area contributed by atoms with Crippen LogP contribution in [0.3, 0.4) is 0 Å². The van der Waals surface area contributed by atoms with Crippen molar-refractivity contribution in [2.24, 2.45) is 0 Å². The van der Waals surface area contributed by atoms with Crippen LogP contribution in [-0.4, -0.2) is 41.6 Å². The minimum atomic E-state index is -0.307. The van der Waals surface area contributed by atoms with Gasteiger partial charge in [0.1, 0.15) is 11.5 Å². The van der Waals surface area contributed by atoms with Crippen molar-refractivity contribution in [3.63, 3.8) is 0 Å². The molecule has 1 aromatic heterocycles. The predicted octanol–water partition coefficient (Wildman–Crippen LogP) is 3.68. The van der Waals surface area contributed by atoms with E-state index in [9.17, 15) is 4.79 Å². The van der Waals surface area contributed by atoms with E-state index in [1.807, 2.05) is 6.92 Å². The smallest absolute Gasteiger partial charge is 0.277 e. The molecule has 1 amide bonds. The van der Waals surface area contributed by atoms with Crippen molar-refractivity contribution in [2.75, 3.05) is 14.2 Å². The van der Waals surface area contributed by atoms with Crippen molar-refractivity contribution in [1.82, 2.24) is 15.5 Å². The zero-order valence-electron chi connectivity index (χ0n) is 15.9. The summed E-state index contributed by atoms with van der Waals surface area (Å²) in [6.45, 7) is 1.85. The lowest BCUT2D eigenvalue weighted by Gasteiger charge is -2.23. The van der Waals surface area contributed by atoms with Crippen LogP contribution in [0.25, 0.3) is 11.5 Å². The van der Waals surface area contributed by atoms with Crippen LogP contribution in [0.2, 0.25) is 0 Å². The third-order valence-electron chi connectivity index (χ3n) is 4.64. The largest absolute Gasteiger partial charge is 0.497 e. The fraction of sp³-hybridized carbons (Fsp3) is 0.526. The fourth-order valence-corrected chi connectivity index (χ4v) is 3.80. The van der Waals surface area contributed by atoms with Crippen molar-refractivity contribution in [3.05, 3.63) is 18.2 Å². The lowest BCUT2D eigenvalue weighted by Crippen LogP contribution is -2.40. The zero-order valence-corrected chi connectivity index (χ0v) is 16.7. The summed E-state index contributed by atoms with van der Waals surface area (Å²) < 4.78 is 16.3. The Morgan fingerprint density at radius 1 is 1.22 bits per heavy atom. The van der Waals surface area contributed by atoms with Crippen molar-refractivity contribution in [2.45, 2.75) is 55.5 Å². The normalized spacial score (nSPS) is 16.0. The molecule has 1 heterocycles. The molecule has 27 heavy (non-hydrogen) atoms. The third-order valence-corrected chi connectivity index (χ3v) is 5.58. The van der Waals surface area contributed by atoms with Crippen LogP contribution in [0.1, 0.15) is 39.0 Å². The van der Waals surface area contributed by atoms with E-state index < -0.39 is 0 Å². The first-order chi connectivity index (χ1) is 13.1. The van der Waals surface area contributed by atoms with Gasteiger partial charge in [-0.25, -0.2) is 0 Å². The number of nitrogens with one attached hydrogen (secondary N) is 1. The van der Waals surface area contributed by atoms with Gasteiger partial charge in [0.05, 0.1) is 25.0 Å². The Labute approximate surface area is 163 Å². The summed E-state index contributed by atoms with van der Waals surface area (Å²) in [6.07, 6.45) is 5.75. The maximum atomic E-state index is 12.4. The molecule has 0 bridgehead atoms. The van der Waals surface area contributed by atoms with E-state index in [-0.39, 0.29) is 17.2 Å². The Hall–Kier alpha value is -2.22. The highest BCUT2D eigenvalue weighted by molar-refractivity contribution is 8.00. The minimum Gasteiger partial charge on any atom is -0.497 e. The quantitative estimate of drug-likeness (QED) is 0.720. The van der Waals surface area contributed by atoms with Gasteiger partial charge in [0.2, 0.25) is 5.91 Å². The second kappa shape index (κ2) is 9.12. The van der Waals surface area contributed by atoms with Crippen molar-refractivity contribution in [1.29, 1.82) is 0 Å². The summed E-state index contributed by atoms with van der Waals surface area (Å²) in [7, 11) is 3.16. The van der Waals surface area contributed by atoms with E-state index in [0.29, 0.717) is 28.2 Å². The summed E-state index contributed by atoms with van der Waals surface area (Å²) in [5.74, 6) is 1.61. The summed E-state index contributed by atoms with van der Waals surface area (Å²) in [6, 6.07) is 5.65. The molecule has 2 aromatic rings. The summed E-state index contributed by atoms with van der Waals surface area (Å²) in [5.41, 5.74) is 0.678. The highest BCUT2D eigenvalue weighted by atomic mass is 32.2. The molecular formula is C19H25N3O4S.